The average molecular weight is 1140 g/mol. The maximum atomic E-state index is 12.4. The lowest BCUT2D eigenvalue weighted by Gasteiger charge is -2.15. The molecule has 0 aromatic carbocycles. The monoisotopic (exact) mass is 1140 g/mol. The van der Waals surface area contributed by atoms with Crippen molar-refractivity contribution < 1.29 is 24.2 Å². The van der Waals surface area contributed by atoms with Crippen molar-refractivity contribution in [2.24, 2.45) is 0 Å². The number of carbonyl (C=O) groups is 2. The molecule has 0 fully saturated rings. The Balaban J connectivity index is 3.48. The summed E-state index contributed by atoms with van der Waals surface area (Å²) in [7, 11) is 0. The minimum Gasteiger partial charge on any atom is -0.462 e. The predicted octanol–water partition coefficient (Wildman–Crippen LogP) is 24.5. The van der Waals surface area contributed by atoms with Crippen LogP contribution in [0.25, 0.3) is 0 Å². The molecule has 0 saturated heterocycles. The normalized spacial score (nSPS) is 13.0. The molecule has 1 atom stereocenters. The molecular formula is C77H132O5. The third-order valence-corrected chi connectivity index (χ3v) is 15.2. The molecule has 1 unspecified atom stereocenters. The maximum Gasteiger partial charge on any atom is 0.306 e. The minimum atomic E-state index is -0.779. The number of aliphatic hydroxyl groups excluding tert-OH is 1. The van der Waals surface area contributed by atoms with E-state index >= 15 is 0 Å². The van der Waals surface area contributed by atoms with Crippen molar-refractivity contribution in [3.05, 3.63) is 122 Å². The van der Waals surface area contributed by atoms with Gasteiger partial charge in [0.1, 0.15) is 6.61 Å². The Morgan fingerprint density at radius 2 is 0.524 bits per heavy atom. The van der Waals surface area contributed by atoms with Gasteiger partial charge in [-0.1, -0.05) is 334 Å². The Labute approximate surface area is 509 Å². The molecule has 0 aliphatic carbocycles. The summed E-state index contributed by atoms with van der Waals surface area (Å²) in [6.45, 7) is 4.05. The summed E-state index contributed by atoms with van der Waals surface area (Å²) in [5.74, 6) is -0.582. The van der Waals surface area contributed by atoms with Gasteiger partial charge in [0, 0.05) is 12.8 Å². The SMILES string of the molecule is CC/C=C\C/C=C\C/C=C\C/C=C\C/C=C\C/C=C\C/C=C\C/C=C\CCCCCCCCCCCCCCCCC(=O)OC(CO)COC(=O)CCCCCCCCCCCCCCCCCCC/C=C\C/C=C\CCCCCCC. The van der Waals surface area contributed by atoms with Crippen LogP contribution in [0.1, 0.15) is 335 Å². The van der Waals surface area contributed by atoms with Crippen LogP contribution in [0.3, 0.4) is 0 Å². The fourth-order valence-corrected chi connectivity index (χ4v) is 10.0. The van der Waals surface area contributed by atoms with E-state index in [1.165, 1.54) is 212 Å². The third-order valence-electron chi connectivity index (χ3n) is 15.2. The zero-order valence-electron chi connectivity index (χ0n) is 54.0. The van der Waals surface area contributed by atoms with Crippen LogP contribution >= 0.6 is 0 Å². The molecular weight excluding hydrogens is 1000 g/mol. The van der Waals surface area contributed by atoms with E-state index in [9.17, 15) is 14.7 Å². The highest BCUT2D eigenvalue weighted by Gasteiger charge is 2.16. The van der Waals surface area contributed by atoms with Crippen LogP contribution in [0.4, 0.5) is 0 Å². The molecule has 470 valence electrons. The van der Waals surface area contributed by atoms with Gasteiger partial charge in [-0.2, -0.15) is 0 Å². The van der Waals surface area contributed by atoms with E-state index in [1.807, 2.05) is 0 Å². The van der Waals surface area contributed by atoms with E-state index in [4.69, 9.17) is 9.47 Å². The molecule has 5 nitrogen and oxygen atoms in total. The molecule has 1 N–H and O–H groups in total. The van der Waals surface area contributed by atoms with Crippen molar-refractivity contribution in [3.8, 4) is 0 Å². The summed E-state index contributed by atoms with van der Waals surface area (Å²) < 4.78 is 10.8. The van der Waals surface area contributed by atoms with Gasteiger partial charge >= 0.3 is 11.9 Å². The lowest BCUT2D eigenvalue weighted by molar-refractivity contribution is -0.161. The topological polar surface area (TPSA) is 72.8 Å². The first-order valence-corrected chi connectivity index (χ1v) is 35.1. The highest BCUT2D eigenvalue weighted by Crippen LogP contribution is 2.17. The van der Waals surface area contributed by atoms with Gasteiger partial charge in [0.2, 0.25) is 0 Å². The van der Waals surface area contributed by atoms with Crippen LogP contribution in [0, 0.1) is 0 Å². The summed E-state index contributed by atoms with van der Waals surface area (Å²) in [6.07, 6.45) is 105. The molecule has 0 spiro atoms. The molecule has 0 saturated carbocycles. The van der Waals surface area contributed by atoms with Crippen LogP contribution in [-0.2, 0) is 19.1 Å². The highest BCUT2D eigenvalue weighted by atomic mass is 16.6. The molecule has 0 rings (SSSR count). The van der Waals surface area contributed by atoms with E-state index in [1.54, 1.807) is 0 Å². The molecule has 0 aromatic rings. The zero-order chi connectivity index (χ0) is 59.1. The van der Waals surface area contributed by atoms with E-state index in [0.29, 0.717) is 12.8 Å². The maximum absolute atomic E-state index is 12.4. The molecule has 0 heterocycles. The van der Waals surface area contributed by atoms with Gasteiger partial charge in [-0.15, -0.1) is 0 Å². The Morgan fingerprint density at radius 3 is 0.793 bits per heavy atom. The number of carbonyl (C=O) groups excluding carboxylic acids is 2. The number of unbranched alkanes of at least 4 members (excludes halogenated alkanes) is 36. The molecule has 0 radical (unpaired) electrons. The molecule has 82 heavy (non-hydrogen) atoms. The molecule has 0 aliphatic rings. The van der Waals surface area contributed by atoms with Crippen LogP contribution in [0.15, 0.2) is 122 Å². The number of hydrogen-bond donors (Lipinski definition) is 1. The summed E-state index contributed by atoms with van der Waals surface area (Å²) in [4.78, 5) is 24.7. The number of allylic oxidation sites excluding steroid dienone is 20. The van der Waals surface area contributed by atoms with Crippen LogP contribution in [-0.4, -0.2) is 36.4 Å². The number of aliphatic hydroxyl groups is 1. The van der Waals surface area contributed by atoms with E-state index in [0.717, 1.165) is 96.3 Å². The Bertz CT molecular complexity index is 1620. The molecule has 0 aromatic heterocycles. The smallest absolute Gasteiger partial charge is 0.306 e. The van der Waals surface area contributed by atoms with E-state index in [2.05, 4.69) is 135 Å². The van der Waals surface area contributed by atoms with Gasteiger partial charge in [0.05, 0.1) is 6.61 Å². The number of rotatable bonds is 64. The minimum absolute atomic E-state index is 0.0675. The Hall–Kier alpha value is -3.70. The largest absolute Gasteiger partial charge is 0.462 e. The quantitative estimate of drug-likeness (QED) is 0.0373. The zero-order valence-corrected chi connectivity index (χ0v) is 54.0. The second-order valence-electron chi connectivity index (χ2n) is 23.2. The van der Waals surface area contributed by atoms with Crippen LogP contribution < -0.4 is 0 Å². The van der Waals surface area contributed by atoms with E-state index in [-0.39, 0.29) is 25.2 Å². The summed E-state index contributed by atoms with van der Waals surface area (Å²) in [5.41, 5.74) is 0. The number of hydrogen-bond acceptors (Lipinski definition) is 5. The van der Waals surface area contributed by atoms with Gasteiger partial charge in [-0.05, 0) is 109 Å². The third kappa shape index (κ3) is 68.8. The number of ether oxygens (including phenoxy) is 2. The second-order valence-corrected chi connectivity index (χ2v) is 23.2. The van der Waals surface area contributed by atoms with Crippen molar-refractivity contribution in [1.82, 2.24) is 0 Å². The fraction of sp³-hybridized carbons (Fsp3) is 0.714. The van der Waals surface area contributed by atoms with Gasteiger partial charge in [-0.25, -0.2) is 0 Å². The van der Waals surface area contributed by atoms with Crippen molar-refractivity contribution in [3.63, 3.8) is 0 Å². The molecule has 5 heteroatoms. The van der Waals surface area contributed by atoms with Gasteiger partial charge in [-0.3, -0.25) is 9.59 Å². The molecule has 0 bridgehead atoms. The standard InChI is InChI=1S/C77H132O5/c1-3-5-7-9-11-13-15-17-19-21-23-25-27-29-31-33-34-35-36-37-38-39-40-41-42-44-46-48-50-52-54-56-58-60-62-64-66-68-70-72-77(80)82-75(73-78)74-81-76(79)71-69-67-65-63-61-59-57-55-53-51-49-47-45-43-32-30-28-26-24-22-20-18-16-14-12-10-8-6-4-2/h5,7,11,13,16-19,22-25,29,31,34-35,37-38,40-41,75,78H,3-4,6,8-10,12,14-15,20-21,26-28,30,32-33,36,39,42-74H2,1-2H3/b7-5-,13-11-,18-16-,19-17-,24-22-,25-23-,31-29-,35-34-,38-37-,41-40-. The number of esters is 2. The first kappa shape index (κ1) is 78.3. The highest BCUT2D eigenvalue weighted by molar-refractivity contribution is 5.70. The lowest BCUT2D eigenvalue weighted by Crippen LogP contribution is -2.28. The summed E-state index contributed by atoms with van der Waals surface area (Å²) >= 11 is 0. The van der Waals surface area contributed by atoms with Crippen molar-refractivity contribution in [2.75, 3.05) is 13.2 Å². The van der Waals surface area contributed by atoms with Crippen LogP contribution in [0.2, 0.25) is 0 Å². The Kier molecular flexibility index (Phi) is 68.3. The van der Waals surface area contributed by atoms with Gasteiger partial charge < -0.3 is 14.6 Å². The first-order chi connectivity index (χ1) is 40.6. The average Bonchev–Trinajstić information content (AvgIpc) is 3.49. The van der Waals surface area contributed by atoms with Crippen molar-refractivity contribution >= 4 is 11.9 Å². The van der Waals surface area contributed by atoms with Crippen molar-refractivity contribution in [2.45, 2.75) is 341 Å². The van der Waals surface area contributed by atoms with E-state index < -0.39 is 6.10 Å². The van der Waals surface area contributed by atoms with Gasteiger partial charge in [0.15, 0.2) is 6.10 Å². The summed E-state index contributed by atoms with van der Waals surface area (Å²) in [6, 6.07) is 0. The molecule has 0 amide bonds. The Morgan fingerprint density at radius 1 is 0.293 bits per heavy atom. The van der Waals surface area contributed by atoms with Crippen molar-refractivity contribution in [1.29, 1.82) is 0 Å². The molecule has 0 aliphatic heterocycles. The second kappa shape index (κ2) is 71.6. The van der Waals surface area contributed by atoms with Gasteiger partial charge in [0.25, 0.3) is 0 Å². The lowest BCUT2D eigenvalue weighted by atomic mass is 10.0. The van der Waals surface area contributed by atoms with Crippen LogP contribution in [0.5, 0.6) is 0 Å². The summed E-state index contributed by atoms with van der Waals surface area (Å²) in [5, 5.41) is 9.71. The predicted molar refractivity (Wildman–Crippen MR) is 362 cm³/mol. The fourth-order valence-electron chi connectivity index (χ4n) is 10.0. The first-order valence-electron chi connectivity index (χ1n) is 35.1.